The molecule has 4 heteroatoms. The van der Waals surface area contributed by atoms with Crippen LogP contribution in [-0.2, 0) is 4.79 Å². The van der Waals surface area contributed by atoms with Crippen molar-refractivity contribution in [2.75, 3.05) is 19.1 Å². The van der Waals surface area contributed by atoms with Crippen LogP contribution in [0.25, 0.3) is 0 Å². The SMILES string of the molecule is COc1c(C)c(C)cc(C)c1N(C)C(=O)CC#N. The van der Waals surface area contributed by atoms with Gasteiger partial charge in [-0.05, 0) is 37.5 Å². The Hall–Kier alpha value is -2.02. The molecule has 1 rings (SSSR count). The van der Waals surface area contributed by atoms with E-state index in [1.165, 1.54) is 4.90 Å². The smallest absolute Gasteiger partial charge is 0.241 e. The predicted octanol–water partition coefficient (Wildman–Crippen LogP) is 2.50. The van der Waals surface area contributed by atoms with Gasteiger partial charge in [0.15, 0.2) is 0 Å². The first-order valence-corrected chi connectivity index (χ1v) is 5.72. The first-order chi connectivity index (χ1) is 8.43. The number of ether oxygens (including phenoxy) is 1. The molecule has 96 valence electrons. The standard InChI is InChI=1S/C14H18N2O2/c1-9-8-10(2)13(14(18-5)11(9)3)16(4)12(17)6-7-15/h8H,6H2,1-5H3. The van der Waals surface area contributed by atoms with Gasteiger partial charge < -0.3 is 9.64 Å². The maximum absolute atomic E-state index is 11.8. The minimum atomic E-state index is -0.234. The van der Waals surface area contributed by atoms with Gasteiger partial charge in [0, 0.05) is 7.05 Å². The van der Waals surface area contributed by atoms with Crippen molar-refractivity contribution in [2.45, 2.75) is 27.2 Å². The summed E-state index contributed by atoms with van der Waals surface area (Å²) in [5, 5.41) is 8.60. The Kier molecular flexibility index (Phi) is 4.33. The van der Waals surface area contributed by atoms with Crippen molar-refractivity contribution in [3.63, 3.8) is 0 Å². The molecule has 0 aromatic heterocycles. The van der Waals surface area contributed by atoms with Gasteiger partial charge in [0.1, 0.15) is 12.2 Å². The molecular weight excluding hydrogens is 228 g/mol. The van der Waals surface area contributed by atoms with Gasteiger partial charge in [-0.1, -0.05) is 6.07 Å². The molecule has 0 atom stereocenters. The zero-order chi connectivity index (χ0) is 13.9. The number of rotatable bonds is 3. The molecule has 1 amide bonds. The van der Waals surface area contributed by atoms with E-state index >= 15 is 0 Å². The molecule has 0 aliphatic heterocycles. The highest BCUT2D eigenvalue weighted by molar-refractivity contribution is 5.96. The summed E-state index contributed by atoms with van der Waals surface area (Å²) in [7, 11) is 3.26. The largest absolute Gasteiger partial charge is 0.494 e. The molecule has 4 nitrogen and oxygen atoms in total. The maximum Gasteiger partial charge on any atom is 0.241 e. The first-order valence-electron chi connectivity index (χ1n) is 5.72. The Morgan fingerprint density at radius 1 is 1.39 bits per heavy atom. The van der Waals surface area contributed by atoms with Crippen molar-refractivity contribution < 1.29 is 9.53 Å². The van der Waals surface area contributed by atoms with E-state index < -0.39 is 0 Å². The van der Waals surface area contributed by atoms with Gasteiger partial charge >= 0.3 is 0 Å². The monoisotopic (exact) mass is 246 g/mol. The maximum atomic E-state index is 11.8. The normalized spacial score (nSPS) is 9.78. The summed E-state index contributed by atoms with van der Waals surface area (Å²) < 4.78 is 5.41. The molecule has 0 N–H and O–H groups in total. The minimum absolute atomic E-state index is 0.133. The summed E-state index contributed by atoms with van der Waals surface area (Å²) in [5.74, 6) is 0.462. The van der Waals surface area contributed by atoms with Crippen LogP contribution in [0, 0.1) is 32.1 Å². The second-order valence-electron chi connectivity index (χ2n) is 4.30. The van der Waals surface area contributed by atoms with Crippen LogP contribution in [0.15, 0.2) is 6.07 Å². The fourth-order valence-electron chi connectivity index (χ4n) is 2.01. The number of nitriles is 1. The third-order valence-electron chi connectivity index (χ3n) is 3.10. The fourth-order valence-corrected chi connectivity index (χ4v) is 2.01. The van der Waals surface area contributed by atoms with E-state index in [-0.39, 0.29) is 12.3 Å². The van der Waals surface area contributed by atoms with E-state index in [0.717, 1.165) is 22.4 Å². The second-order valence-corrected chi connectivity index (χ2v) is 4.30. The van der Waals surface area contributed by atoms with Crippen molar-refractivity contribution in [1.29, 1.82) is 5.26 Å². The van der Waals surface area contributed by atoms with Crippen LogP contribution in [0.5, 0.6) is 5.75 Å². The molecule has 0 saturated heterocycles. The number of carbonyl (C=O) groups excluding carboxylic acids is 1. The molecule has 0 heterocycles. The average Bonchev–Trinajstić information content (AvgIpc) is 2.32. The molecule has 18 heavy (non-hydrogen) atoms. The van der Waals surface area contributed by atoms with E-state index in [1.807, 2.05) is 32.9 Å². The third kappa shape index (κ3) is 2.45. The summed E-state index contributed by atoms with van der Waals surface area (Å²) in [4.78, 5) is 13.3. The highest BCUT2D eigenvalue weighted by Crippen LogP contribution is 2.36. The summed E-state index contributed by atoms with van der Waals surface area (Å²) in [6.45, 7) is 5.89. The molecule has 1 aromatic rings. The lowest BCUT2D eigenvalue weighted by Gasteiger charge is -2.23. The molecule has 0 spiro atoms. The summed E-state index contributed by atoms with van der Waals surface area (Å²) >= 11 is 0. The van der Waals surface area contributed by atoms with Crippen LogP contribution in [-0.4, -0.2) is 20.1 Å². The highest BCUT2D eigenvalue weighted by Gasteiger charge is 2.20. The van der Waals surface area contributed by atoms with Crippen LogP contribution in [0.3, 0.4) is 0 Å². The van der Waals surface area contributed by atoms with Crippen LogP contribution >= 0.6 is 0 Å². The molecular formula is C14H18N2O2. The zero-order valence-corrected chi connectivity index (χ0v) is 11.5. The van der Waals surface area contributed by atoms with Crippen molar-refractivity contribution in [2.24, 2.45) is 0 Å². The lowest BCUT2D eigenvalue weighted by molar-refractivity contribution is -0.117. The van der Waals surface area contributed by atoms with E-state index in [4.69, 9.17) is 10.00 Å². The molecule has 0 unspecified atom stereocenters. The van der Waals surface area contributed by atoms with Gasteiger partial charge in [-0.25, -0.2) is 0 Å². The average molecular weight is 246 g/mol. The highest BCUT2D eigenvalue weighted by atomic mass is 16.5. The number of methoxy groups -OCH3 is 1. The van der Waals surface area contributed by atoms with Crippen LogP contribution in [0.4, 0.5) is 5.69 Å². The predicted molar refractivity (Wildman–Crippen MR) is 70.8 cm³/mol. The lowest BCUT2D eigenvalue weighted by Crippen LogP contribution is -2.27. The van der Waals surface area contributed by atoms with E-state index in [9.17, 15) is 4.79 Å². The van der Waals surface area contributed by atoms with Gasteiger partial charge in [-0.2, -0.15) is 5.26 Å². The molecule has 1 aromatic carbocycles. The molecule has 0 aliphatic carbocycles. The molecule has 0 saturated carbocycles. The topological polar surface area (TPSA) is 53.3 Å². The summed E-state index contributed by atoms with van der Waals surface area (Å²) in [5.41, 5.74) is 3.83. The van der Waals surface area contributed by atoms with E-state index in [0.29, 0.717) is 5.75 Å². The number of hydrogen-bond donors (Lipinski definition) is 0. The Labute approximate surface area is 108 Å². The van der Waals surface area contributed by atoms with Gasteiger partial charge in [-0.3, -0.25) is 4.79 Å². The van der Waals surface area contributed by atoms with Gasteiger partial charge in [-0.15, -0.1) is 0 Å². The number of hydrogen-bond acceptors (Lipinski definition) is 3. The fraction of sp³-hybridized carbons (Fsp3) is 0.429. The third-order valence-corrected chi connectivity index (χ3v) is 3.10. The number of aryl methyl sites for hydroxylation is 2. The van der Waals surface area contributed by atoms with Crippen molar-refractivity contribution in [3.8, 4) is 11.8 Å². The van der Waals surface area contributed by atoms with Crippen molar-refractivity contribution >= 4 is 11.6 Å². The number of anilines is 1. The van der Waals surface area contributed by atoms with Gasteiger partial charge in [0.05, 0.1) is 18.9 Å². The lowest BCUT2D eigenvalue weighted by atomic mass is 10.0. The second kappa shape index (κ2) is 5.54. The van der Waals surface area contributed by atoms with Gasteiger partial charge in [0.2, 0.25) is 5.91 Å². The Balaban J connectivity index is 3.36. The van der Waals surface area contributed by atoms with Gasteiger partial charge in [0.25, 0.3) is 0 Å². The van der Waals surface area contributed by atoms with Crippen LogP contribution in [0.1, 0.15) is 23.1 Å². The Morgan fingerprint density at radius 3 is 2.50 bits per heavy atom. The van der Waals surface area contributed by atoms with Crippen LogP contribution in [0.2, 0.25) is 0 Å². The van der Waals surface area contributed by atoms with E-state index in [2.05, 4.69) is 0 Å². The molecule has 0 radical (unpaired) electrons. The molecule has 0 aliphatic rings. The quantitative estimate of drug-likeness (QED) is 0.823. The molecule has 0 bridgehead atoms. The number of carbonyl (C=O) groups is 1. The van der Waals surface area contributed by atoms with Crippen LogP contribution < -0.4 is 9.64 Å². The summed E-state index contributed by atoms with van der Waals surface area (Å²) in [6.07, 6.45) is -0.133. The first kappa shape index (κ1) is 14.0. The Bertz CT molecular complexity index is 516. The van der Waals surface area contributed by atoms with Crippen molar-refractivity contribution in [1.82, 2.24) is 0 Å². The molecule has 0 fully saturated rings. The number of nitrogens with zero attached hydrogens (tertiary/aromatic N) is 2. The van der Waals surface area contributed by atoms with E-state index in [1.54, 1.807) is 14.2 Å². The van der Waals surface area contributed by atoms with Crippen molar-refractivity contribution in [3.05, 3.63) is 22.8 Å². The summed E-state index contributed by atoms with van der Waals surface area (Å²) in [6, 6.07) is 3.89. The Morgan fingerprint density at radius 2 is 2.00 bits per heavy atom. The number of amides is 1. The number of benzene rings is 1. The minimum Gasteiger partial charge on any atom is -0.494 e. The zero-order valence-electron chi connectivity index (χ0n) is 11.5.